The summed E-state index contributed by atoms with van der Waals surface area (Å²) in [5.74, 6) is -0.639. The van der Waals surface area contributed by atoms with Crippen LogP contribution in [0.3, 0.4) is 0 Å². The molecule has 0 heterocycles. The first-order valence-corrected chi connectivity index (χ1v) is 8.08. The molecular formula is C13H21FN2O3S. The molecule has 0 radical (unpaired) electrons. The van der Waals surface area contributed by atoms with Gasteiger partial charge in [0.05, 0.1) is 11.4 Å². The number of sulfonamides is 1. The summed E-state index contributed by atoms with van der Waals surface area (Å²) >= 11 is 0. The van der Waals surface area contributed by atoms with Gasteiger partial charge < -0.3 is 10.5 Å². The largest absolute Gasteiger partial charge is 0.385 e. The highest BCUT2D eigenvalue weighted by Crippen LogP contribution is 2.22. The lowest BCUT2D eigenvalue weighted by molar-refractivity contribution is 0.199. The predicted molar refractivity (Wildman–Crippen MR) is 77.7 cm³/mol. The monoisotopic (exact) mass is 304 g/mol. The lowest BCUT2D eigenvalue weighted by Gasteiger charge is -2.24. The van der Waals surface area contributed by atoms with Gasteiger partial charge in [0.15, 0.2) is 0 Å². The number of hydrogen-bond donors (Lipinski definition) is 1. The zero-order valence-corrected chi connectivity index (χ0v) is 12.4. The van der Waals surface area contributed by atoms with Crippen molar-refractivity contribution in [1.29, 1.82) is 0 Å². The summed E-state index contributed by atoms with van der Waals surface area (Å²) in [6.45, 7) is 0.868. The van der Waals surface area contributed by atoms with Gasteiger partial charge in [-0.3, -0.25) is 4.31 Å². The van der Waals surface area contributed by atoms with E-state index in [1.807, 2.05) is 0 Å². The van der Waals surface area contributed by atoms with Gasteiger partial charge >= 0.3 is 0 Å². The fourth-order valence-corrected chi connectivity index (χ4v) is 3.35. The summed E-state index contributed by atoms with van der Waals surface area (Å²) in [4.78, 5) is 0. The third-order valence-corrected chi connectivity index (χ3v) is 4.63. The van der Waals surface area contributed by atoms with Crippen molar-refractivity contribution in [2.45, 2.75) is 12.8 Å². The fourth-order valence-electron chi connectivity index (χ4n) is 1.79. The predicted octanol–water partition coefficient (Wildman–Crippen LogP) is 1.35. The summed E-state index contributed by atoms with van der Waals surface area (Å²) < 4.78 is 44.4. The van der Waals surface area contributed by atoms with Crippen molar-refractivity contribution in [3.05, 3.63) is 30.1 Å². The number of anilines is 1. The summed E-state index contributed by atoms with van der Waals surface area (Å²) in [5, 5.41) is 0. The molecule has 0 aliphatic heterocycles. The Morgan fingerprint density at radius 1 is 1.30 bits per heavy atom. The Hall–Kier alpha value is -1.18. The minimum atomic E-state index is -3.58. The topological polar surface area (TPSA) is 72.6 Å². The SMILES string of the molecule is COCCCS(=O)(=O)N(CCCN)c1ccccc1F. The van der Waals surface area contributed by atoms with Crippen LogP contribution in [0.2, 0.25) is 0 Å². The second-order valence-electron chi connectivity index (χ2n) is 4.33. The van der Waals surface area contributed by atoms with Crippen LogP contribution in [0.15, 0.2) is 24.3 Å². The molecule has 0 spiro atoms. The average molecular weight is 304 g/mol. The van der Waals surface area contributed by atoms with E-state index in [4.69, 9.17) is 10.5 Å². The van der Waals surface area contributed by atoms with Crippen molar-refractivity contribution in [3.8, 4) is 0 Å². The van der Waals surface area contributed by atoms with E-state index >= 15 is 0 Å². The van der Waals surface area contributed by atoms with E-state index in [-0.39, 0.29) is 18.0 Å². The van der Waals surface area contributed by atoms with E-state index in [0.717, 1.165) is 4.31 Å². The van der Waals surface area contributed by atoms with Crippen molar-refractivity contribution >= 4 is 15.7 Å². The molecule has 1 rings (SSSR count). The molecule has 5 nitrogen and oxygen atoms in total. The molecule has 0 fully saturated rings. The van der Waals surface area contributed by atoms with Crippen molar-refractivity contribution < 1.29 is 17.5 Å². The maximum absolute atomic E-state index is 13.8. The number of ether oxygens (including phenoxy) is 1. The van der Waals surface area contributed by atoms with E-state index in [1.54, 1.807) is 6.07 Å². The van der Waals surface area contributed by atoms with Crippen molar-refractivity contribution in [2.75, 3.05) is 36.9 Å². The molecule has 0 unspecified atom stereocenters. The number of para-hydroxylation sites is 1. The minimum Gasteiger partial charge on any atom is -0.385 e. The Morgan fingerprint density at radius 2 is 2.00 bits per heavy atom. The van der Waals surface area contributed by atoms with Gasteiger partial charge in [0.25, 0.3) is 0 Å². The van der Waals surface area contributed by atoms with E-state index in [1.165, 1.54) is 25.3 Å². The molecule has 0 saturated carbocycles. The third-order valence-electron chi connectivity index (χ3n) is 2.77. The molecule has 1 aromatic rings. The smallest absolute Gasteiger partial charge is 0.235 e. The molecule has 1 aromatic carbocycles. The molecule has 0 aromatic heterocycles. The van der Waals surface area contributed by atoms with Gasteiger partial charge in [0.1, 0.15) is 5.82 Å². The van der Waals surface area contributed by atoms with Crippen LogP contribution in [0.5, 0.6) is 0 Å². The number of hydrogen-bond acceptors (Lipinski definition) is 4. The molecule has 114 valence electrons. The zero-order chi connectivity index (χ0) is 15.0. The summed E-state index contributed by atoms with van der Waals surface area (Å²) in [5.41, 5.74) is 5.49. The van der Waals surface area contributed by atoms with Crippen LogP contribution in [0.4, 0.5) is 10.1 Å². The lowest BCUT2D eigenvalue weighted by Crippen LogP contribution is -2.35. The molecule has 0 amide bonds. The number of benzene rings is 1. The highest BCUT2D eigenvalue weighted by Gasteiger charge is 2.23. The van der Waals surface area contributed by atoms with Crippen LogP contribution in [0.1, 0.15) is 12.8 Å². The Labute approximate surface area is 119 Å². The van der Waals surface area contributed by atoms with E-state index in [0.29, 0.717) is 26.0 Å². The molecule has 20 heavy (non-hydrogen) atoms. The Kier molecular flexibility index (Phi) is 6.90. The van der Waals surface area contributed by atoms with Crippen molar-refractivity contribution in [2.24, 2.45) is 5.73 Å². The summed E-state index contributed by atoms with van der Waals surface area (Å²) in [6, 6.07) is 5.84. The van der Waals surface area contributed by atoms with Gasteiger partial charge in [-0.25, -0.2) is 12.8 Å². The number of rotatable bonds is 9. The van der Waals surface area contributed by atoms with Crippen molar-refractivity contribution in [3.63, 3.8) is 0 Å². The fraction of sp³-hybridized carbons (Fsp3) is 0.538. The Balaban J connectivity index is 2.97. The molecule has 0 aliphatic rings. The van der Waals surface area contributed by atoms with Gasteiger partial charge in [-0.05, 0) is 31.5 Å². The van der Waals surface area contributed by atoms with Gasteiger partial charge in [-0.1, -0.05) is 12.1 Å². The molecule has 0 aliphatic carbocycles. The first kappa shape index (κ1) is 16.9. The Morgan fingerprint density at radius 3 is 2.60 bits per heavy atom. The van der Waals surface area contributed by atoms with Crippen LogP contribution in [0.25, 0.3) is 0 Å². The normalized spacial score (nSPS) is 11.6. The highest BCUT2D eigenvalue weighted by atomic mass is 32.2. The maximum Gasteiger partial charge on any atom is 0.235 e. The number of nitrogens with two attached hydrogens (primary N) is 1. The van der Waals surface area contributed by atoms with Gasteiger partial charge in [-0.2, -0.15) is 0 Å². The molecular weight excluding hydrogens is 283 g/mol. The summed E-state index contributed by atoms with van der Waals surface area (Å²) in [7, 11) is -2.08. The second kappa shape index (κ2) is 8.18. The first-order valence-electron chi connectivity index (χ1n) is 6.47. The van der Waals surface area contributed by atoms with E-state index in [9.17, 15) is 12.8 Å². The third kappa shape index (κ3) is 4.73. The lowest BCUT2D eigenvalue weighted by atomic mass is 10.3. The quantitative estimate of drug-likeness (QED) is 0.699. The van der Waals surface area contributed by atoms with Crippen LogP contribution in [0, 0.1) is 5.82 Å². The molecule has 0 saturated heterocycles. The molecule has 0 atom stereocenters. The number of halogens is 1. The second-order valence-corrected chi connectivity index (χ2v) is 6.34. The number of nitrogens with zero attached hydrogens (tertiary/aromatic N) is 1. The average Bonchev–Trinajstić information content (AvgIpc) is 2.41. The van der Waals surface area contributed by atoms with Gasteiger partial charge in [0, 0.05) is 20.3 Å². The van der Waals surface area contributed by atoms with Gasteiger partial charge in [-0.15, -0.1) is 0 Å². The summed E-state index contributed by atoms with van der Waals surface area (Å²) in [6.07, 6.45) is 0.838. The van der Waals surface area contributed by atoms with E-state index in [2.05, 4.69) is 0 Å². The molecule has 7 heteroatoms. The number of methoxy groups -OCH3 is 1. The Bertz CT molecular complexity index is 508. The zero-order valence-electron chi connectivity index (χ0n) is 11.6. The van der Waals surface area contributed by atoms with Crippen LogP contribution >= 0.6 is 0 Å². The van der Waals surface area contributed by atoms with E-state index < -0.39 is 15.8 Å². The standard InChI is InChI=1S/C13H21FN2O3S/c1-19-10-5-11-20(17,18)16(9-4-8-15)13-7-3-2-6-12(13)14/h2-3,6-7H,4-5,8-11,15H2,1H3. The van der Waals surface area contributed by atoms with Crippen LogP contribution in [-0.4, -0.2) is 41.0 Å². The van der Waals surface area contributed by atoms with Gasteiger partial charge in [0.2, 0.25) is 10.0 Å². The van der Waals surface area contributed by atoms with Crippen LogP contribution < -0.4 is 10.0 Å². The first-order chi connectivity index (χ1) is 9.53. The minimum absolute atomic E-state index is 0.0679. The maximum atomic E-state index is 13.8. The van der Waals surface area contributed by atoms with Crippen LogP contribution in [-0.2, 0) is 14.8 Å². The van der Waals surface area contributed by atoms with Crippen molar-refractivity contribution in [1.82, 2.24) is 0 Å². The molecule has 2 N–H and O–H groups in total. The molecule has 0 bridgehead atoms. The highest BCUT2D eigenvalue weighted by molar-refractivity contribution is 7.92.